The third-order valence-electron chi connectivity index (χ3n) is 1.76. The van der Waals surface area contributed by atoms with Gasteiger partial charge in [-0.3, -0.25) is 9.97 Å². The van der Waals surface area contributed by atoms with Gasteiger partial charge in [-0.1, -0.05) is 0 Å². The fourth-order valence-corrected chi connectivity index (χ4v) is 1.12. The summed E-state index contributed by atoms with van der Waals surface area (Å²) in [6.07, 6.45) is 3.53. The molecule has 0 aliphatic rings. The SMILES string of the molecule is NCc1ccc2cnccc2n1. The van der Waals surface area contributed by atoms with Crippen LogP contribution in [0.3, 0.4) is 0 Å². The minimum Gasteiger partial charge on any atom is -0.325 e. The third-order valence-corrected chi connectivity index (χ3v) is 1.76. The highest BCUT2D eigenvalue weighted by atomic mass is 14.7. The second-order valence-corrected chi connectivity index (χ2v) is 2.58. The molecule has 3 nitrogen and oxygen atoms in total. The van der Waals surface area contributed by atoms with Crippen LogP contribution in [-0.2, 0) is 6.54 Å². The van der Waals surface area contributed by atoms with Crippen LogP contribution >= 0.6 is 0 Å². The molecule has 2 heterocycles. The Kier molecular flexibility index (Phi) is 1.72. The third kappa shape index (κ3) is 1.14. The van der Waals surface area contributed by atoms with Gasteiger partial charge in [0.2, 0.25) is 0 Å². The molecule has 0 atom stereocenters. The summed E-state index contributed by atoms with van der Waals surface area (Å²) in [7, 11) is 0. The van der Waals surface area contributed by atoms with Crippen molar-refractivity contribution in [3.63, 3.8) is 0 Å². The first kappa shape index (κ1) is 7.18. The van der Waals surface area contributed by atoms with Crippen LogP contribution in [-0.4, -0.2) is 9.97 Å². The molecule has 2 rings (SSSR count). The van der Waals surface area contributed by atoms with Crippen molar-refractivity contribution < 1.29 is 0 Å². The van der Waals surface area contributed by atoms with E-state index in [0.717, 1.165) is 16.6 Å². The Morgan fingerprint density at radius 3 is 3.00 bits per heavy atom. The Morgan fingerprint density at radius 1 is 1.25 bits per heavy atom. The van der Waals surface area contributed by atoms with Crippen LogP contribution in [0.15, 0.2) is 30.6 Å². The molecule has 0 bridgehead atoms. The molecular weight excluding hydrogens is 150 g/mol. The van der Waals surface area contributed by atoms with Crippen molar-refractivity contribution in [2.24, 2.45) is 5.73 Å². The summed E-state index contributed by atoms with van der Waals surface area (Å²) in [4.78, 5) is 8.33. The van der Waals surface area contributed by atoms with Gasteiger partial charge in [0, 0.05) is 24.3 Å². The van der Waals surface area contributed by atoms with E-state index >= 15 is 0 Å². The summed E-state index contributed by atoms with van der Waals surface area (Å²) in [6.45, 7) is 0.484. The van der Waals surface area contributed by atoms with E-state index in [1.165, 1.54) is 0 Å². The molecule has 2 aromatic rings. The highest BCUT2D eigenvalue weighted by molar-refractivity contribution is 5.77. The first-order chi connectivity index (χ1) is 5.90. The zero-order valence-electron chi connectivity index (χ0n) is 6.57. The van der Waals surface area contributed by atoms with Crippen LogP contribution in [0, 0.1) is 0 Å². The van der Waals surface area contributed by atoms with Gasteiger partial charge in [-0.05, 0) is 18.2 Å². The van der Waals surface area contributed by atoms with Gasteiger partial charge < -0.3 is 5.73 Å². The lowest BCUT2D eigenvalue weighted by Crippen LogP contribution is -1.98. The highest BCUT2D eigenvalue weighted by Gasteiger charge is 1.94. The van der Waals surface area contributed by atoms with Crippen LogP contribution in [0.5, 0.6) is 0 Å². The van der Waals surface area contributed by atoms with E-state index in [0.29, 0.717) is 6.54 Å². The largest absolute Gasteiger partial charge is 0.325 e. The highest BCUT2D eigenvalue weighted by Crippen LogP contribution is 2.09. The van der Waals surface area contributed by atoms with Crippen LogP contribution < -0.4 is 5.73 Å². The van der Waals surface area contributed by atoms with Gasteiger partial charge in [0.25, 0.3) is 0 Å². The normalized spacial score (nSPS) is 10.4. The minimum atomic E-state index is 0.484. The number of rotatable bonds is 1. The molecule has 0 unspecified atom stereocenters. The molecule has 12 heavy (non-hydrogen) atoms. The van der Waals surface area contributed by atoms with E-state index < -0.39 is 0 Å². The van der Waals surface area contributed by atoms with E-state index in [-0.39, 0.29) is 0 Å². The molecule has 0 amide bonds. The second kappa shape index (κ2) is 2.87. The quantitative estimate of drug-likeness (QED) is 0.677. The average molecular weight is 159 g/mol. The molecule has 2 aromatic heterocycles. The van der Waals surface area contributed by atoms with Gasteiger partial charge in [0.15, 0.2) is 0 Å². The summed E-state index contributed by atoms with van der Waals surface area (Å²) < 4.78 is 0. The van der Waals surface area contributed by atoms with E-state index in [9.17, 15) is 0 Å². The van der Waals surface area contributed by atoms with Crippen molar-refractivity contribution in [1.29, 1.82) is 0 Å². The molecule has 0 aromatic carbocycles. The van der Waals surface area contributed by atoms with Gasteiger partial charge in [-0.2, -0.15) is 0 Å². The maximum atomic E-state index is 5.46. The molecule has 0 radical (unpaired) electrons. The van der Waals surface area contributed by atoms with E-state index in [2.05, 4.69) is 9.97 Å². The first-order valence-corrected chi connectivity index (χ1v) is 3.80. The Balaban J connectivity index is 2.67. The monoisotopic (exact) mass is 159 g/mol. The van der Waals surface area contributed by atoms with Crippen LogP contribution in [0.25, 0.3) is 10.9 Å². The molecule has 60 valence electrons. The molecule has 2 N–H and O–H groups in total. The molecule has 0 saturated heterocycles. The van der Waals surface area contributed by atoms with Crippen LogP contribution in [0.4, 0.5) is 0 Å². The van der Waals surface area contributed by atoms with E-state index in [1.54, 1.807) is 12.4 Å². The number of nitrogens with zero attached hydrogens (tertiary/aromatic N) is 2. The second-order valence-electron chi connectivity index (χ2n) is 2.58. The number of aromatic nitrogens is 2. The fraction of sp³-hybridized carbons (Fsp3) is 0.111. The minimum absolute atomic E-state index is 0.484. The van der Waals surface area contributed by atoms with Crippen molar-refractivity contribution in [1.82, 2.24) is 9.97 Å². The summed E-state index contributed by atoms with van der Waals surface area (Å²) >= 11 is 0. The number of hydrogen-bond donors (Lipinski definition) is 1. The lowest BCUT2D eigenvalue weighted by Gasteiger charge is -1.98. The molecule has 0 aliphatic carbocycles. The maximum Gasteiger partial charge on any atom is 0.0736 e. The maximum absolute atomic E-state index is 5.46. The number of fused-ring (bicyclic) bond motifs is 1. The lowest BCUT2D eigenvalue weighted by atomic mass is 10.2. The van der Waals surface area contributed by atoms with Crippen molar-refractivity contribution >= 4 is 10.9 Å². The van der Waals surface area contributed by atoms with Crippen molar-refractivity contribution in [2.75, 3.05) is 0 Å². The summed E-state index contributed by atoms with van der Waals surface area (Å²) in [6, 6.07) is 5.79. The van der Waals surface area contributed by atoms with Gasteiger partial charge in [-0.15, -0.1) is 0 Å². The Labute approximate surface area is 70.3 Å². The summed E-state index contributed by atoms with van der Waals surface area (Å²) in [5, 5.41) is 1.05. The zero-order chi connectivity index (χ0) is 8.39. The smallest absolute Gasteiger partial charge is 0.0736 e. The van der Waals surface area contributed by atoms with Gasteiger partial charge >= 0.3 is 0 Å². The van der Waals surface area contributed by atoms with Crippen molar-refractivity contribution in [2.45, 2.75) is 6.54 Å². The summed E-state index contributed by atoms with van der Waals surface area (Å²) in [5.74, 6) is 0. The first-order valence-electron chi connectivity index (χ1n) is 3.80. The van der Waals surface area contributed by atoms with Gasteiger partial charge in [0.1, 0.15) is 0 Å². The van der Waals surface area contributed by atoms with E-state index in [4.69, 9.17) is 5.73 Å². The summed E-state index contributed by atoms with van der Waals surface area (Å²) in [5.41, 5.74) is 7.33. The molecule has 0 saturated carbocycles. The van der Waals surface area contributed by atoms with Crippen LogP contribution in [0.2, 0.25) is 0 Å². The predicted molar refractivity (Wildman–Crippen MR) is 47.4 cm³/mol. The molecular formula is C9H9N3. The van der Waals surface area contributed by atoms with Crippen LogP contribution in [0.1, 0.15) is 5.69 Å². The standard InChI is InChI=1S/C9H9N3/c10-5-8-2-1-7-6-11-4-3-9(7)12-8/h1-4,6H,5,10H2. The number of nitrogens with two attached hydrogens (primary N) is 1. The molecule has 0 aliphatic heterocycles. The van der Waals surface area contributed by atoms with Gasteiger partial charge in [-0.25, -0.2) is 0 Å². The van der Waals surface area contributed by atoms with E-state index in [1.807, 2.05) is 18.2 Å². The molecule has 3 heteroatoms. The molecule has 0 spiro atoms. The zero-order valence-corrected chi connectivity index (χ0v) is 6.57. The number of hydrogen-bond acceptors (Lipinski definition) is 3. The predicted octanol–water partition coefficient (Wildman–Crippen LogP) is 1.09. The number of pyridine rings is 2. The topological polar surface area (TPSA) is 51.8 Å². The van der Waals surface area contributed by atoms with Gasteiger partial charge in [0.05, 0.1) is 11.2 Å². The Hall–Kier alpha value is -1.48. The van der Waals surface area contributed by atoms with Crippen molar-refractivity contribution in [3.8, 4) is 0 Å². The molecule has 0 fully saturated rings. The Bertz CT molecular complexity index is 398. The fourth-order valence-electron chi connectivity index (χ4n) is 1.12. The average Bonchev–Trinajstić information content (AvgIpc) is 2.17. The lowest BCUT2D eigenvalue weighted by molar-refractivity contribution is 1.01. The Morgan fingerprint density at radius 2 is 2.17 bits per heavy atom. The van der Waals surface area contributed by atoms with Crippen molar-refractivity contribution in [3.05, 3.63) is 36.3 Å².